The highest BCUT2D eigenvalue weighted by atomic mass is 79.9. The summed E-state index contributed by atoms with van der Waals surface area (Å²) in [5.41, 5.74) is 0. The topological polar surface area (TPSA) is 0 Å². The third kappa shape index (κ3) is 0.815. The Balaban J connectivity index is 1.58. The van der Waals surface area contributed by atoms with Crippen LogP contribution in [0.15, 0.2) is 0 Å². The van der Waals surface area contributed by atoms with E-state index in [1.807, 2.05) is 0 Å². The smallest absolute Gasteiger partial charge is 0.0218 e. The van der Waals surface area contributed by atoms with Crippen LogP contribution in [0.2, 0.25) is 0 Å². The number of alkyl halides is 3. The summed E-state index contributed by atoms with van der Waals surface area (Å²) in [5.74, 6) is 10.8. The predicted molar refractivity (Wildman–Crippen MR) is 77.7 cm³/mol. The minimum Gasteiger partial charge on any atom is -0.0884 e. The second kappa shape index (κ2) is 2.74. The molecular weight excluding hydrogens is 408 g/mol. The van der Waals surface area contributed by atoms with Gasteiger partial charge in [-0.15, -0.1) is 0 Å². The van der Waals surface area contributed by atoms with Crippen LogP contribution >= 0.6 is 47.8 Å². The Morgan fingerprint density at radius 3 is 1.35 bits per heavy atom. The summed E-state index contributed by atoms with van der Waals surface area (Å²) in [4.78, 5) is 2.56. The summed E-state index contributed by atoms with van der Waals surface area (Å²) in [5, 5.41) is 0. The molecule has 0 radical (unpaired) electrons. The van der Waals surface area contributed by atoms with E-state index in [0.717, 1.165) is 73.7 Å². The quantitative estimate of drug-likeness (QED) is 0.519. The molecule has 7 aliphatic carbocycles. The summed E-state index contributed by atoms with van der Waals surface area (Å²) in [7, 11) is 0. The van der Waals surface area contributed by atoms with Crippen molar-refractivity contribution in [1.82, 2.24) is 0 Å². The van der Waals surface area contributed by atoms with Crippen molar-refractivity contribution in [3.63, 3.8) is 0 Å². The summed E-state index contributed by atoms with van der Waals surface area (Å²) >= 11 is 12.2. The number of halogens is 3. The highest BCUT2D eigenvalue weighted by Crippen LogP contribution is 2.86. The summed E-state index contributed by atoms with van der Waals surface area (Å²) in [6.45, 7) is 0. The largest absolute Gasteiger partial charge is 0.0884 e. The highest BCUT2D eigenvalue weighted by Gasteiger charge is 2.85. The van der Waals surface area contributed by atoms with E-state index < -0.39 is 0 Å². The lowest BCUT2D eigenvalue weighted by atomic mass is 9.60. The van der Waals surface area contributed by atoms with Crippen LogP contribution in [0.3, 0.4) is 0 Å². The van der Waals surface area contributed by atoms with E-state index in [4.69, 9.17) is 0 Å². The lowest BCUT2D eigenvalue weighted by Gasteiger charge is -2.49. The van der Waals surface area contributed by atoms with Crippen LogP contribution in [0.25, 0.3) is 0 Å². The first-order valence-electron chi connectivity index (χ1n) is 7.14. The van der Waals surface area contributed by atoms with Gasteiger partial charge in [0.15, 0.2) is 0 Å². The fraction of sp³-hybridized carbons (Fsp3) is 1.00. The minimum absolute atomic E-state index is 0.833. The zero-order chi connectivity index (χ0) is 11.2. The van der Waals surface area contributed by atoms with E-state index in [2.05, 4.69) is 47.8 Å². The molecule has 0 aromatic rings. The second-order valence-electron chi connectivity index (χ2n) is 7.52. The summed E-state index contributed by atoms with van der Waals surface area (Å²) in [6, 6.07) is 0. The Hall–Kier alpha value is 1.44. The Morgan fingerprint density at radius 1 is 0.471 bits per heavy atom. The van der Waals surface area contributed by atoms with Crippen LogP contribution in [-0.4, -0.2) is 14.5 Å². The first-order valence-corrected chi connectivity index (χ1v) is 9.88. The lowest BCUT2D eigenvalue weighted by Crippen LogP contribution is -2.49. The van der Waals surface area contributed by atoms with Crippen molar-refractivity contribution in [1.29, 1.82) is 0 Å². The fourth-order valence-electron chi connectivity index (χ4n) is 7.67. The third-order valence-electron chi connectivity index (χ3n) is 7.68. The molecule has 3 heteroatoms. The Morgan fingerprint density at radius 2 is 0.941 bits per heavy atom. The molecule has 0 aromatic heterocycles. The SMILES string of the molecule is BrC1C2CC3C1C1C4C(Br)C5C1C5C4C3C2Br. The van der Waals surface area contributed by atoms with E-state index in [9.17, 15) is 0 Å². The summed E-state index contributed by atoms with van der Waals surface area (Å²) in [6.07, 6.45) is 1.53. The Kier molecular flexibility index (Phi) is 1.65. The highest BCUT2D eigenvalue weighted by molar-refractivity contribution is 9.10. The van der Waals surface area contributed by atoms with Crippen LogP contribution in [0.1, 0.15) is 6.42 Å². The van der Waals surface area contributed by atoms with E-state index in [1.54, 1.807) is 0 Å². The van der Waals surface area contributed by atoms with Crippen LogP contribution in [0.5, 0.6) is 0 Å². The molecule has 0 saturated heterocycles. The molecule has 0 aliphatic heterocycles. The predicted octanol–water partition coefficient (Wildman–Crippen LogP) is 3.91. The van der Waals surface area contributed by atoms with Gasteiger partial charge in [-0.1, -0.05) is 47.8 Å². The van der Waals surface area contributed by atoms with E-state index in [0.29, 0.717) is 0 Å². The third-order valence-corrected chi connectivity index (χ3v) is 11.5. The van der Waals surface area contributed by atoms with Crippen molar-refractivity contribution < 1.29 is 0 Å². The van der Waals surface area contributed by atoms with Gasteiger partial charge in [-0.3, -0.25) is 0 Å². The molecule has 0 spiro atoms. The molecule has 9 unspecified atom stereocenters. The second-order valence-corrected chi connectivity index (χ2v) is 10.7. The summed E-state index contributed by atoms with van der Waals surface area (Å²) < 4.78 is 0. The Labute approximate surface area is 127 Å². The van der Waals surface area contributed by atoms with Crippen molar-refractivity contribution in [2.24, 2.45) is 59.2 Å². The normalized spacial score (nSPS) is 84.5. The zero-order valence-corrected chi connectivity index (χ0v) is 14.1. The molecule has 8 bridgehead atoms. The molecule has 0 N–H and O–H groups in total. The van der Waals surface area contributed by atoms with Gasteiger partial charge in [-0.2, -0.15) is 0 Å². The molecule has 7 rings (SSSR count). The van der Waals surface area contributed by atoms with Gasteiger partial charge in [0.1, 0.15) is 0 Å². The maximum atomic E-state index is 4.09. The maximum absolute atomic E-state index is 4.09. The molecular formula is C14H15Br3. The first kappa shape index (κ1) is 10.2. The van der Waals surface area contributed by atoms with E-state index in [-0.39, 0.29) is 0 Å². The first-order chi connectivity index (χ1) is 8.22. The molecule has 0 amide bonds. The van der Waals surface area contributed by atoms with Gasteiger partial charge in [-0.25, -0.2) is 0 Å². The van der Waals surface area contributed by atoms with Crippen molar-refractivity contribution in [2.45, 2.75) is 20.9 Å². The molecule has 7 saturated carbocycles. The molecule has 0 heterocycles. The Bertz CT molecular complexity index is 405. The molecule has 17 heavy (non-hydrogen) atoms. The van der Waals surface area contributed by atoms with Gasteiger partial charge >= 0.3 is 0 Å². The monoisotopic (exact) mass is 420 g/mol. The van der Waals surface area contributed by atoms with Gasteiger partial charge in [0.2, 0.25) is 0 Å². The standard InChI is InChI=1S/C14H15Br3/c15-12-3-1-2-4(12)6-8-9-7(5(2)13(3)16)10(6)14(17)11(8)9/h2-14H,1H2. The molecule has 9 atom stereocenters. The van der Waals surface area contributed by atoms with Gasteiger partial charge in [0.25, 0.3) is 0 Å². The number of fused-ring (bicyclic) bond motifs is 1. The zero-order valence-electron chi connectivity index (χ0n) is 9.35. The van der Waals surface area contributed by atoms with Crippen LogP contribution in [0, 0.1) is 59.2 Å². The van der Waals surface area contributed by atoms with Crippen molar-refractivity contribution in [3.05, 3.63) is 0 Å². The number of hydrogen-bond acceptors (Lipinski definition) is 0. The van der Waals surface area contributed by atoms with Gasteiger partial charge in [0.05, 0.1) is 0 Å². The average molecular weight is 423 g/mol. The maximum Gasteiger partial charge on any atom is 0.0218 e. The average Bonchev–Trinajstić information content (AvgIpc) is 2.59. The lowest BCUT2D eigenvalue weighted by molar-refractivity contribution is 0.0470. The fourth-order valence-corrected chi connectivity index (χ4v) is 12.1. The van der Waals surface area contributed by atoms with Gasteiger partial charge in [0, 0.05) is 14.5 Å². The van der Waals surface area contributed by atoms with Crippen molar-refractivity contribution in [3.8, 4) is 0 Å². The van der Waals surface area contributed by atoms with Crippen LogP contribution < -0.4 is 0 Å². The van der Waals surface area contributed by atoms with Crippen LogP contribution in [-0.2, 0) is 0 Å². The number of rotatable bonds is 0. The molecule has 0 nitrogen and oxygen atoms in total. The molecule has 7 aliphatic rings. The van der Waals surface area contributed by atoms with Crippen LogP contribution in [0.4, 0.5) is 0 Å². The minimum atomic E-state index is 0.833. The van der Waals surface area contributed by atoms with E-state index in [1.165, 1.54) is 6.42 Å². The van der Waals surface area contributed by atoms with Crippen molar-refractivity contribution >= 4 is 47.8 Å². The molecule has 7 fully saturated rings. The number of hydrogen-bond donors (Lipinski definition) is 0. The molecule has 92 valence electrons. The van der Waals surface area contributed by atoms with E-state index >= 15 is 0 Å². The van der Waals surface area contributed by atoms with Gasteiger partial charge in [-0.05, 0) is 65.6 Å². The van der Waals surface area contributed by atoms with Gasteiger partial charge < -0.3 is 0 Å². The molecule has 0 aromatic carbocycles. The van der Waals surface area contributed by atoms with Crippen molar-refractivity contribution in [2.75, 3.05) is 0 Å².